The van der Waals surface area contributed by atoms with Crippen molar-refractivity contribution in [3.05, 3.63) is 0 Å². The number of hydrogen-bond donors (Lipinski definition) is 2. The Morgan fingerprint density at radius 1 is 1.16 bits per heavy atom. The molecule has 1 atom stereocenters. The number of carbonyl (C=O) groups excluding carboxylic acids is 1. The van der Waals surface area contributed by atoms with E-state index in [0.717, 1.165) is 37.0 Å². The molecular weight excluding hydrogens is 266 g/mol. The molecule has 108 valence electrons. The van der Waals surface area contributed by atoms with Crippen molar-refractivity contribution in [2.75, 3.05) is 0 Å². The van der Waals surface area contributed by atoms with Crippen LogP contribution in [0.2, 0.25) is 0 Å². The minimum absolute atomic E-state index is 0.0507. The van der Waals surface area contributed by atoms with Crippen molar-refractivity contribution in [1.82, 2.24) is 5.32 Å². The Bertz CT molecular complexity index is 463. The van der Waals surface area contributed by atoms with Crippen LogP contribution in [0.25, 0.3) is 0 Å². The van der Waals surface area contributed by atoms with Crippen LogP contribution in [-0.4, -0.2) is 24.3 Å². The van der Waals surface area contributed by atoms with E-state index in [2.05, 4.69) is 5.32 Å². The fourth-order valence-electron chi connectivity index (χ4n) is 5.11. The van der Waals surface area contributed by atoms with Gasteiger partial charge in [0, 0.05) is 6.04 Å². The van der Waals surface area contributed by atoms with Gasteiger partial charge in [-0.25, -0.2) is 0 Å². The van der Waals surface area contributed by atoms with Gasteiger partial charge in [0.15, 0.2) is 0 Å². The first-order valence-corrected chi connectivity index (χ1v) is 8.50. The van der Waals surface area contributed by atoms with E-state index in [-0.39, 0.29) is 11.5 Å². The number of nitrogens with one attached hydrogen (secondary N) is 1. The van der Waals surface area contributed by atoms with Crippen molar-refractivity contribution >= 4 is 15.4 Å². The molecule has 0 heterocycles. The van der Waals surface area contributed by atoms with Gasteiger partial charge in [-0.15, -0.1) is 0 Å². The lowest BCUT2D eigenvalue weighted by molar-refractivity contribution is -0.0678. The Hall–Kier alpha value is -0.620. The average molecular weight is 287 g/mol. The van der Waals surface area contributed by atoms with Crippen LogP contribution < -0.4 is 5.32 Å². The summed E-state index contributed by atoms with van der Waals surface area (Å²) in [6.07, 6.45) is 7.18. The summed E-state index contributed by atoms with van der Waals surface area (Å²) in [6.45, 7) is 1.89. The summed E-state index contributed by atoms with van der Waals surface area (Å²) in [5.74, 6) is 2.24. The van der Waals surface area contributed by atoms with Crippen molar-refractivity contribution < 1.29 is 17.8 Å². The third-order valence-corrected chi connectivity index (χ3v) is 6.16. The quantitative estimate of drug-likeness (QED) is 0.763. The molecule has 4 aliphatic rings. The first-order chi connectivity index (χ1) is 8.78. The van der Waals surface area contributed by atoms with Gasteiger partial charge in [0.05, 0.1) is 0 Å². The van der Waals surface area contributed by atoms with Crippen LogP contribution in [0.1, 0.15) is 45.4 Å². The van der Waals surface area contributed by atoms with Gasteiger partial charge in [0.25, 0.3) is 0 Å². The topological polar surface area (TPSA) is 83.5 Å². The Morgan fingerprint density at radius 2 is 1.58 bits per heavy atom. The highest BCUT2D eigenvalue weighted by molar-refractivity contribution is 8.01. The summed E-state index contributed by atoms with van der Waals surface area (Å²) in [7, 11) is -4.62. The maximum Gasteiger partial charge on any atom is 0.363 e. The predicted octanol–water partition coefficient (Wildman–Crippen LogP) is 2.19. The monoisotopic (exact) mass is 287 g/mol. The molecule has 6 heteroatoms. The molecule has 4 rings (SSSR count). The minimum Gasteiger partial charge on any atom is -0.338 e. The molecule has 0 saturated heterocycles. The van der Waals surface area contributed by atoms with Crippen LogP contribution >= 0.6 is 0 Å². The normalized spacial score (nSPS) is 42.1. The number of rotatable bonds is 2. The van der Waals surface area contributed by atoms with Crippen LogP contribution in [0.15, 0.2) is 0 Å². The van der Waals surface area contributed by atoms with E-state index in [1.165, 1.54) is 19.3 Å². The van der Waals surface area contributed by atoms with Crippen molar-refractivity contribution in [3.63, 3.8) is 0 Å². The second-order valence-corrected chi connectivity index (χ2v) is 8.23. The highest BCUT2D eigenvalue weighted by Crippen LogP contribution is 2.61. The van der Waals surface area contributed by atoms with E-state index in [4.69, 9.17) is 4.55 Å². The molecule has 2 N–H and O–H groups in total. The Kier molecular flexibility index (Phi) is 2.94. The molecule has 0 spiro atoms. The molecule has 4 aliphatic carbocycles. The Labute approximate surface area is 113 Å². The van der Waals surface area contributed by atoms with E-state index in [1.54, 1.807) is 0 Å². The highest BCUT2D eigenvalue weighted by Gasteiger charge is 2.53. The lowest BCUT2D eigenvalue weighted by Gasteiger charge is -2.59. The van der Waals surface area contributed by atoms with Crippen LogP contribution in [0, 0.1) is 23.2 Å². The second kappa shape index (κ2) is 4.19. The molecule has 0 radical (unpaired) electrons. The van der Waals surface area contributed by atoms with Gasteiger partial charge >= 0.3 is 15.4 Å². The standard InChI is InChI=1S/C13H21NO4S/c1-8(14-12(15)19(16,17)18)13-5-9-2-10(6-13)4-11(3-9)7-13/h8-11H,2-7H2,1H3,(H,14,15)(H,16,17,18). The molecule has 1 amide bonds. The van der Waals surface area contributed by atoms with E-state index < -0.39 is 15.4 Å². The zero-order chi connectivity index (χ0) is 13.8. The maximum atomic E-state index is 11.4. The van der Waals surface area contributed by atoms with E-state index in [1.807, 2.05) is 6.92 Å². The molecule has 19 heavy (non-hydrogen) atoms. The minimum atomic E-state index is -4.62. The van der Waals surface area contributed by atoms with Crippen LogP contribution in [0.4, 0.5) is 4.79 Å². The highest BCUT2D eigenvalue weighted by atomic mass is 32.2. The summed E-state index contributed by atoms with van der Waals surface area (Å²) in [6, 6.07) is -0.185. The zero-order valence-electron chi connectivity index (χ0n) is 11.1. The predicted molar refractivity (Wildman–Crippen MR) is 70.1 cm³/mol. The largest absolute Gasteiger partial charge is 0.363 e. The van der Waals surface area contributed by atoms with Gasteiger partial charge in [-0.2, -0.15) is 8.42 Å². The lowest BCUT2D eigenvalue weighted by Crippen LogP contribution is -2.56. The van der Waals surface area contributed by atoms with Gasteiger partial charge in [0.2, 0.25) is 0 Å². The van der Waals surface area contributed by atoms with Gasteiger partial charge in [-0.1, -0.05) is 0 Å². The number of amides is 1. The van der Waals surface area contributed by atoms with Crippen LogP contribution in [0.3, 0.4) is 0 Å². The van der Waals surface area contributed by atoms with Gasteiger partial charge in [-0.05, 0) is 68.6 Å². The number of carbonyl (C=O) groups is 1. The summed E-state index contributed by atoms with van der Waals surface area (Å²) in [4.78, 5) is 11.4. The summed E-state index contributed by atoms with van der Waals surface area (Å²) in [5.41, 5.74) is 0.0507. The molecule has 0 aromatic carbocycles. The summed E-state index contributed by atoms with van der Waals surface area (Å²) < 4.78 is 30.5. The van der Waals surface area contributed by atoms with Crippen LogP contribution in [-0.2, 0) is 10.1 Å². The average Bonchev–Trinajstić information content (AvgIpc) is 2.25. The molecule has 4 fully saturated rings. The fourth-order valence-corrected chi connectivity index (χ4v) is 5.44. The van der Waals surface area contributed by atoms with Gasteiger partial charge in [0.1, 0.15) is 0 Å². The van der Waals surface area contributed by atoms with E-state index >= 15 is 0 Å². The first-order valence-electron chi connectivity index (χ1n) is 7.06. The third-order valence-electron chi connectivity index (χ3n) is 5.57. The summed E-state index contributed by atoms with van der Waals surface area (Å²) >= 11 is 0. The van der Waals surface area contributed by atoms with Crippen molar-refractivity contribution in [1.29, 1.82) is 0 Å². The van der Waals surface area contributed by atoms with Gasteiger partial charge in [-0.3, -0.25) is 9.35 Å². The first kappa shape index (κ1) is 13.4. The van der Waals surface area contributed by atoms with Crippen LogP contribution in [0.5, 0.6) is 0 Å². The molecule has 4 saturated carbocycles. The van der Waals surface area contributed by atoms with Crippen molar-refractivity contribution in [2.45, 2.75) is 51.5 Å². The molecule has 1 unspecified atom stereocenters. The summed E-state index contributed by atoms with van der Waals surface area (Å²) in [5, 5.41) is 1.25. The SMILES string of the molecule is CC(NC(=O)S(=O)(=O)O)C12CC3CC(CC(C3)C1)C2. The molecule has 4 bridgehead atoms. The van der Waals surface area contributed by atoms with Crippen molar-refractivity contribution in [2.24, 2.45) is 23.2 Å². The molecule has 0 aromatic rings. The Morgan fingerprint density at radius 3 is 1.95 bits per heavy atom. The smallest absolute Gasteiger partial charge is 0.338 e. The second-order valence-electron chi connectivity index (χ2n) is 6.91. The fraction of sp³-hybridized carbons (Fsp3) is 0.923. The Balaban J connectivity index is 1.76. The maximum absolute atomic E-state index is 11.4. The van der Waals surface area contributed by atoms with Crippen molar-refractivity contribution in [3.8, 4) is 0 Å². The van der Waals surface area contributed by atoms with E-state index in [0.29, 0.717) is 0 Å². The lowest BCUT2D eigenvalue weighted by atomic mass is 9.48. The molecule has 5 nitrogen and oxygen atoms in total. The molecule has 0 aliphatic heterocycles. The third kappa shape index (κ3) is 2.29. The van der Waals surface area contributed by atoms with Gasteiger partial charge < -0.3 is 5.32 Å². The zero-order valence-corrected chi connectivity index (χ0v) is 11.9. The number of hydrogen-bond acceptors (Lipinski definition) is 3. The van der Waals surface area contributed by atoms with E-state index in [9.17, 15) is 13.2 Å². The molecular formula is C13H21NO4S. The molecule has 0 aromatic heterocycles.